The molecule has 36 heavy (non-hydrogen) atoms. The maximum Gasteiger partial charge on any atom is 0.155 e. The van der Waals surface area contributed by atoms with Crippen LogP contribution < -0.4 is 5.32 Å². The molecule has 4 nitrogen and oxygen atoms in total. The van der Waals surface area contributed by atoms with Crippen molar-refractivity contribution in [2.45, 2.75) is 5.54 Å². The highest BCUT2D eigenvalue weighted by Gasteiger charge is 2.40. The Labute approximate surface area is 210 Å². The number of pyridine rings is 1. The summed E-state index contributed by atoms with van der Waals surface area (Å²) in [7, 11) is 1.93. The third kappa shape index (κ3) is 3.46. The second-order valence-corrected chi connectivity index (χ2v) is 8.79. The number of hydrogen-bond acceptors (Lipinski definition) is 3. The molecule has 2 heterocycles. The van der Waals surface area contributed by atoms with Gasteiger partial charge in [-0.2, -0.15) is 5.10 Å². The van der Waals surface area contributed by atoms with Gasteiger partial charge in [0.25, 0.3) is 0 Å². The molecule has 0 aliphatic heterocycles. The van der Waals surface area contributed by atoms with E-state index in [1.165, 1.54) is 0 Å². The second-order valence-electron chi connectivity index (χ2n) is 8.79. The Morgan fingerprint density at radius 1 is 0.639 bits per heavy atom. The summed E-state index contributed by atoms with van der Waals surface area (Å²) in [5, 5.41) is 9.64. The summed E-state index contributed by atoms with van der Waals surface area (Å²) in [5.41, 5.74) is 5.99. The summed E-state index contributed by atoms with van der Waals surface area (Å²) >= 11 is 0. The van der Waals surface area contributed by atoms with Crippen molar-refractivity contribution in [3.05, 3.63) is 150 Å². The van der Waals surface area contributed by atoms with Crippen molar-refractivity contribution in [3.63, 3.8) is 0 Å². The Morgan fingerprint density at radius 3 is 1.72 bits per heavy atom. The van der Waals surface area contributed by atoms with Crippen LogP contribution in [0, 0.1) is 0 Å². The van der Waals surface area contributed by atoms with Crippen molar-refractivity contribution in [1.29, 1.82) is 0 Å². The van der Waals surface area contributed by atoms with E-state index in [0.717, 1.165) is 44.5 Å². The second kappa shape index (κ2) is 9.16. The first-order valence-corrected chi connectivity index (χ1v) is 12.1. The van der Waals surface area contributed by atoms with E-state index in [2.05, 4.69) is 130 Å². The molecular formula is C32H26N4. The predicted octanol–water partition coefficient (Wildman–Crippen LogP) is 6.98. The molecule has 6 rings (SSSR count). The molecule has 0 spiro atoms. The van der Waals surface area contributed by atoms with E-state index in [9.17, 15) is 0 Å². The van der Waals surface area contributed by atoms with Gasteiger partial charge in [-0.1, -0.05) is 103 Å². The summed E-state index contributed by atoms with van der Waals surface area (Å²) in [6.45, 7) is 0. The van der Waals surface area contributed by atoms with E-state index in [1.807, 2.05) is 19.3 Å². The molecule has 0 saturated heterocycles. The number of aromatic nitrogens is 3. The molecule has 6 aromatic rings. The Hall–Kier alpha value is -4.70. The van der Waals surface area contributed by atoms with Gasteiger partial charge in [0.05, 0.1) is 5.52 Å². The van der Waals surface area contributed by atoms with Gasteiger partial charge < -0.3 is 5.32 Å². The fourth-order valence-electron chi connectivity index (χ4n) is 5.18. The maximum absolute atomic E-state index is 5.23. The van der Waals surface area contributed by atoms with Gasteiger partial charge in [0, 0.05) is 30.4 Å². The van der Waals surface area contributed by atoms with E-state index in [0.29, 0.717) is 0 Å². The molecule has 1 N–H and O–H groups in total. The summed E-state index contributed by atoms with van der Waals surface area (Å²) in [5.74, 6) is 0.836. The summed E-state index contributed by atoms with van der Waals surface area (Å²) in [6.07, 6.45) is 3.69. The molecule has 4 heteroatoms. The number of rotatable bonds is 6. The van der Waals surface area contributed by atoms with Crippen LogP contribution in [0.5, 0.6) is 0 Å². The molecule has 0 atom stereocenters. The first-order chi connectivity index (χ1) is 17.8. The quantitative estimate of drug-likeness (QED) is 0.269. The van der Waals surface area contributed by atoms with Crippen molar-refractivity contribution >= 4 is 16.7 Å². The number of fused-ring (bicyclic) bond motifs is 1. The smallest absolute Gasteiger partial charge is 0.155 e. The molecule has 0 fully saturated rings. The van der Waals surface area contributed by atoms with Crippen LogP contribution in [0.15, 0.2) is 134 Å². The molecule has 0 radical (unpaired) electrons. The average molecular weight is 467 g/mol. The highest BCUT2D eigenvalue weighted by molar-refractivity contribution is 5.94. The van der Waals surface area contributed by atoms with Crippen molar-refractivity contribution in [2.75, 3.05) is 12.4 Å². The first kappa shape index (κ1) is 21.8. The minimum absolute atomic E-state index is 0.674. The highest BCUT2D eigenvalue weighted by Crippen LogP contribution is 2.43. The first-order valence-electron chi connectivity index (χ1n) is 12.1. The van der Waals surface area contributed by atoms with Gasteiger partial charge in [0.2, 0.25) is 0 Å². The Bertz CT molecular complexity index is 1500. The predicted molar refractivity (Wildman–Crippen MR) is 147 cm³/mol. The molecule has 2 aromatic heterocycles. The fraction of sp³-hybridized carbons (Fsp3) is 0.0625. The lowest BCUT2D eigenvalue weighted by molar-refractivity contribution is 0.477. The van der Waals surface area contributed by atoms with Gasteiger partial charge in [0.15, 0.2) is 5.82 Å². The lowest BCUT2D eigenvalue weighted by atomic mass is 9.77. The topological polar surface area (TPSA) is 42.7 Å². The van der Waals surface area contributed by atoms with Crippen LogP contribution in [-0.2, 0) is 5.54 Å². The minimum Gasteiger partial charge on any atom is -0.371 e. The van der Waals surface area contributed by atoms with Gasteiger partial charge in [-0.3, -0.25) is 4.98 Å². The molecule has 0 unspecified atom stereocenters. The number of anilines is 1. The van der Waals surface area contributed by atoms with Gasteiger partial charge in [0.1, 0.15) is 5.54 Å². The zero-order chi connectivity index (χ0) is 24.4. The SMILES string of the molecule is CNc1nn(C(c2ccccc2)(c2ccccc2)c2ccccc2)c2ccc(-c3cccnc3)cc12. The van der Waals surface area contributed by atoms with E-state index < -0.39 is 5.54 Å². The molecule has 0 amide bonds. The molecule has 4 aromatic carbocycles. The molecule has 0 aliphatic rings. The van der Waals surface area contributed by atoms with Crippen molar-refractivity contribution < 1.29 is 0 Å². The van der Waals surface area contributed by atoms with Gasteiger partial charge in [-0.15, -0.1) is 0 Å². The standard InChI is InChI=1S/C32H26N4/c1-33-31-29-22-24(25-12-11-21-34-23-25)19-20-30(29)36(35-31)32(26-13-5-2-6-14-26,27-15-7-3-8-16-27)28-17-9-4-10-18-28/h2-23H,1H3,(H,33,35). The molecule has 0 saturated carbocycles. The highest BCUT2D eigenvalue weighted by atomic mass is 15.4. The fourth-order valence-corrected chi connectivity index (χ4v) is 5.18. The Kier molecular flexibility index (Phi) is 5.55. The van der Waals surface area contributed by atoms with Gasteiger partial charge >= 0.3 is 0 Å². The lowest BCUT2D eigenvalue weighted by Gasteiger charge is -2.37. The monoisotopic (exact) mass is 466 g/mol. The zero-order valence-electron chi connectivity index (χ0n) is 20.0. The van der Waals surface area contributed by atoms with Crippen molar-refractivity contribution in [3.8, 4) is 11.1 Å². The van der Waals surface area contributed by atoms with Crippen molar-refractivity contribution in [1.82, 2.24) is 14.8 Å². The van der Waals surface area contributed by atoms with Crippen molar-refractivity contribution in [2.24, 2.45) is 0 Å². The van der Waals surface area contributed by atoms with Crippen LogP contribution >= 0.6 is 0 Å². The largest absolute Gasteiger partial charge is 0.371 e. The lowest BCUT2D eigenvalue weighted by Crippen LogP contribution is -2.38. The van der Waals surface area contributed by atoms with Crippen LogP contribution in [-0.4, -0.2) is 21.8 Å². The summed E-state index contributed by atoms with van der Waals surface area (Å²) < 4.78 is 2.18. The van der Waals surface area contributed by atoms with Crippen LogP contribution in [0.25, 0.3) is 22.0 Å². The third-order valence-electron chi connectivity index (χ3n) is 6.80. The zero-order valence-corrected chi connectivity index (χ0v) is 20.0. The molecule has 0 aliphatic carbocycles. The van der Waals surface area contributed by atoms with Gasteiger partial charge in [-0.25, -0.2) is 4.68 Å². The average Bonchev–Trinajstić information content (AvgIpc) is 3.34. The van der Waals surface area contributed by atoms with Gasteiger partial charge in [-0.05, 0) is 40.5 Å². The van der Waals surface area contributed by atoms with Crippen LogP contribution in [0.2, 0.25) is 0 Å². The van der Waals surface area contributed by atoms with Crippen LogP contribution in [0.1, 0.15) is 16.7 Å². The number of nitrogens with zero attached hydrogens (tertiary/aromatic N) is 3. The van der Waals surface area contributed by atoms with E-state index >= 15 is 0 Å². The maximum atomic E-state index is 5.23. The van der Waals surface area contributed by atoms with Crippen LogP contribution in [0.4, 0.5) is 5.82 Å². The minimum atomic E-state index is -0.674. The number of hydrogen-bond donors (Lipinski definition) is 1. The van der Waals surface area contributed by atoms with E-state index in [-0.39, 0.29) is 0 Å². The number of nitrogens with one attached hydrogen (secondary N) is 1. The Balaban J connectivity index is 1.72. The summed E-state index contributed by atoms with van der Waals surface area (Å²) in [6, 6.07) is 42.5. The third-order valence-corrected chi connectivity index (χ3v) is 6.80. The summed E-state index contributed by atoms with van der Waals surface area (Å²) in [4.78, 5) is 4.31. The Morgan fingerprint density at radius 2 is 1.22 bits per heavy atom. The number of benzene rings is 4. The van der Waals surface area contributed by atoms with E-state index in [1.54, 1.807) is 6.20 Å². The molecular weight excluding hydrogens is 440 g/mol. The molecule has 174 valence electrons. The normalized spacial score (nSPS) is 11.5. The van der Waals surface area contributed by atoms with Crippen LogP contribution in [0.3, 0.4) is 0 Å². The molecule has 0 bridgehead atoms. The van der Waals surface area contributed by atoms with E-state index in [4.69, 9.17) is 5.10 Å².